The molecule has 3 nitrogen and oxygen atoms in total. The van der Waals surface area contributed by atoms with Crippen LogP contribution in [0.3, 0.4) is 0 Å². The number of halogens is 4. The van der Waals surface area contributed by atoms with Gasteiger partial charge in [0.2, 0.25) is 0 Å². The van der Waals surface area contributed by atoms with Gasteiger partial charge in [-0.25, -0.2) is 4.98 Å². The van der Waals surface area contributed by atoms with Gasteiger partial charge in [0, 0.05) is 9.92 Å². The van der Waals surface area contributed by atoms with Crippen molar-refractivity contribution < 1.29 is 18.0 Å². The summed E-state index contributed by atoms with van der Waals surface area (Å²) in [7, 11) is 0. The van der Waals surface area contributed by atoms with Gasteiger partial charge in [-0.05, 0) is 36.4 Å². The lowest BCUT2D eigenvalue weighted by molar-refractivity contribution is -0.141. The largest absolute Gasteiger partial charge is 0.433 e. The Morgan fingerprint density at radius 2 is 1.76 bits per heavy atom. The number of amides is 1. The summed E-state index contributed by atoms with van der Waals surface area (Å²) in [6.45, 7) is 0. The van der Waals surface area contributed by atoms with Gasteiger partial charge in [-0.1, -0.05) is 23.4 Å². The molecule has 1 amide bonds. The van der Waals surface area contributed by atoms with Crippen LogP contribution in [0.1, 0.15) is 16.1 Å². The van der Waals surface area contributed by atoms with E-state index in [9.17, 15) is 18.0 Å². The number of primary amides is 1. The summed E-state index contributed by atoms with van der Waals surface area (Å²) in [5.74, 6) is -0.840. The lowest BCUT2D eigenvalue weighted by Gasteiger charge is -2.10. The first-order valence-electron chi connectivity index (χ1n) is 5.59. The highest BCUT2D eigenvalue weighted by Gasteiger charge is 2.33. The van der Waals surface area contributed by atoms with Crippen LogP contribution in [0, 0.1) is 0 Å². The summed E-state index contributed by atoms with van der Waals surface area (Å²) >= 11 is 6.64. The molecular formula is C13H8ClF3N2OS. The fourth-order valence-electron chi connectivity index (χ4n) is 1.48. The molecule has 0 saturated heterocycles. The van der Waals surface area contributed by atoms with E-state index in [2.05, 4.69) is 4.98 Å². The van der Waals surface area contributed by atoms with Crippen molar-refractivity contribution in [1.82, 2.24) is 4.98 Å². The van der Waals surface area contributed by atoms with E-state index in [1.165, 1.54) is 0 Å². The van der Waals surface area contributed by atoms with Crippen LogP contribution in [0.2, 0.25) is 5.02 Å². The molecule has 0 atom stereocenters. The second-order valence-electron chi connectivity index (χ2n) is 3.97. The van der Waals surface area contributed by atoms with Gasteiger partial charge >= 0.3 is 6.18 Å². The molecule has 1 aromatic heterocycles. The Labute approximate surface area is 127 Å². The Morgan fingerprint density at radius 3 is 2.29 bits per heavy atom. The third-order valence-corrected chi connectivity index (χ3v) is 3.71. The van der Waals surface area contributed by atoms with Crippen molar-refractivity contribution in [2.75, 3.05) is 0 Å². The number of alkyl halides is 3. The van der Waals surface area contributed by atoms with Crippen molar-refractivity contribution in [2.45, 2.75) is 16.1 Å². The summed E-state index contributed by atoms with van der Waals surface area (Å²) in [5, 5.41) is 0.395. The van der Waals surface area contributed by atoms with Crippen molar-refractivity contribution in [3.05, 3.63) is 52.7 Å². The number of benzene rings is 1. The first-order valence-corrected chi connectivity index (χ1v) is 6.78. The number of nitrogens with zero attached hydrogens (tertiary/aromatic N) is 1. The highest BCUT2D eigenvalue weighted by atomic mass is 35.5. The van der Waals surface area contributed by atoms with Crippen LogP contribution in [0.4, 0.5) is 13.2 Å². The summed E-state index contributed by atoms with van der Waals surface area (Å²) in [5.41, 5.74) is 4.01. The zero-order valence-electron chi connectivity index (χ0n) is 10.3. The molecule has 2 aromatic rings. The minimum absolute atomic E-state index is 0.0667. The Morgan fingerprint density at radius 1 is 1.14 bits per heavy atom. The van der Waals surface area contributed by atoms with Crippen LogP contribution in [0.25, 0.3) is 0 Å². The zero-order valence-corrected chi connectivity index (χ0v) is 11.9. The molecule has 8 heteroatoms. The standard InChI is InChI=1S/C13H8ClF3N2OS/c14-7-1-3-8(4-2-7)21-12-9(11(18)20)5-6-10(19-12)13(15,16)17/h1-6H,(H2,18,20). The van der Waals surface area contributed by atoms with Gasteiger partial charge in [-0.15, -0.1) is 0 Å². The van der Waals surface area contributed by atoms with Crippen molar-refractivity contribution in [2.24, 2.45) is 5.73 Å². The molecular weight excluding hydrogens is 325 g/mol. The number of hydrogen-bond donors (Lipinski definition) is 1. The predicted molar refractivity (Wildman–Crippen MR) is 73.3 cm³/mol. The zero-order chi connectivity index (χ0) is 15.6. The predicted octanol–water partition coefficient (Wildman–Crippen LogP) is 4.00. The summed E-state index contributed by atoms with van der Waals surface area (Å²) in [6, 6.07) is 8.14. The number of aromatic nitrogens is 1. The average Bonchev–Trinajstić information content (AvgIpc) is 2.40. The maximum atomic E-state index is 12.7. The smallest absolute Gasteiger partial charge is 0.366 e. The number of carbonyl (C=O) groups excluding carboxylic acids is 1. The minimum atomic E-state index is -4.59. The van der Waals surface area contributed by atoms with Crippen molar-refractivity contribution in [1.29, 1.82) is 0 Å². The van der Waals surface area contributed by atoms with Gasteiger partial charge in [-0.3, -0.25) is 4.79 Å². The van der Waals surface area contributed by atoms with Crippen LogP contribution in [-0.4, -0.2) is 10.9 Å². The van der Waals surface area contributed by atoms with Crippen LogP contribution in [0.5, 0.6) is 0 Å². The number of nitrogens with two attached hydrogens (primary N) is 1. The van der Waals surface area contributed by atoms with Gasteiger partial charge in [0.25, 0.3) is 5.91 Å². The molecule has 0 unspecified atom stereocenters. The van der Waals surface area contributed by atoms with E-state index in [-0.39, 0.29) is 10.6 Å². The van der Waals surface area contributed by atoms with E-state index in [1.54, 1.807) is 24.3 Å². The van der Waals surface area contributed by atoms with E-state index in [1.807, 2.05) is 0 Å². The molecule has 2 rings (SSSR count). The van der Waals surface area contributed by atoms with Crippen LogP contribution >= 0.6 is 23.4 Å². The fraction of sp³-hybridized carbons (Fsp3) is 0.0769. The summed E-state index contributed by atoms with van der Waals surface area (Å²) < 4.78 is 38.1. The maximum absolute atomic E-state index is 12.7. The highest BCUT2D eigenvalue weighted by molar-refractivity contribution is 7.99. The SMILES string of the molecule is NC(=O)c1ccc(C(F)(F)F)nc1Sc1ccc(Cl)cc1. The van der Waals surface area contributed by atoms with E-state index < -0.39 is 17.8 Å². The number of rotatable bonds is 3. The molecule has 0 saturated carbocycles. The molecule has 1 aromatic carbocycles. The number of pyridine rings is 1. The Balaban J connectivity index is 2.43. The molecule has 0 radical (unpaired) electrons. The monoisotopic (exact) mass is 332 g/mol. The lowest BCUT2D eigenvalue weighted by atomic mass is 10.2. The van der Waals surface area contributed by atoms with E-state index in [0.717, 1.165) is 23.9 Å². The molecule has 1 heterocycles. The maximum Gasteiger partial charge on any atom is 0.433 e. The number of carbonyl (C=O) groups is 1. The minimum Gasteiger partial charge on any atom is -0.366 e. The van der Waals surface area contributed by atoms with Crippen LogP contribution in [-0.2, 0) is 6.18 Å². The van der Waals surface area contributed by atoms with Gasteiger partial charge in [0.05, 0.1) is 5.56 Å². The van der Waals surface area contributed by atoms with E-state index >= 15 is 0 Å². The van der Waals surface area contributed by atoms with E-state index in [4.69, 9.17) is 17.3 Å². The first kappa shape index (κ1) is 15.7. The van der Waals surface area contributed by atoms with Crippen LogP contribution in [0.15, 0.2) is 46.3 Å². The van der Waals surface area contributed by atoms with Gasteiger partial charge in [-0.2, -0.15) is 13.2 Å². The van der Waals surface area contributed by atoms with Gasteiger partial charge in [0.1, 0.15) is 10.7 Å². The molecule has 21 heavy (non-hydrogen) atoms. The molecule has 110 valence electrons. The molecule has 0 fully saturated rings. The van der Waals surface area contributed by atoms with Gasteiger partial charge in [0.15, 0.2) is 0 Å². The molecule has 0 aliphatic rings. The Kier molecular flexibility index (Phi) is 4.43. The van der Waals surface area contributed by atoms with Crippen molar-refractivity contribution in [3.8, 4) is 0 Å². The van der Waals surface area contributed by atoms with Crippen LogP contribution < -0.4 is 5.73 Å². The molecule has 0 aliphatic heterocycles. The quantitative estimate of drug-likeness (QED) is 0.924. The topological polar surface area (TPSA) is 56.0 Å². The fourth-order valence-corrected chi connectivity index (χ4v) is 2.52. The second kappa shape index (κ2) is 5.95. The van der Waals surface area contributed by atoms with Crippen molar-refractivity contribution in [3.63, 3.8) is 0 Å². The third-order valence-electron chi connectivity index (χ3n) is 2.44. The highest BCUT2D eigenvalue weighted by Crippen LogP contribution is 2.34. The Hall–Kier alpha value is -1.73. The molecule has 0 bridgehead atoms. The van der Waals surface area contributed by atoms with E-state index in [0.29, 0.717) is 9.92 Å². The number of hydrogen-bond acceptors (Lipinski definition) is 3. The Bertz CT molecular complexity index is 674. The first-order chi connectivity index (χ1) is 9.77. The molecule has 0 aliphatic carbocycles. The lowest BCUT2D eigenvalue weighted by Crippen LogP contribution is -2.16. The van der Waals surface area contributed by atoms with Crippen molar-refractivity contribution >= 4 is 29.3 Å². The average molecular weight is 333 g/mol. The molecule has 2 N–H and O–H groups in total. The van der Waals surface area contributed by atoms with Gasteiger partial charge < -0.3 is 5.73 Å². The third kappa shape index (κ3) is 3.89. The molecule has 0 spiro atoms. The summed E-state index contributed by atoms with van der Waals surface area (Å²) in [6.07, 6.45) is -4.59. The second-order valence-corrected chi connectivity index (χ2v) is 5.47. The summed E-state index contributed by atoms with van der Waals surface area (Å²) in [4.78, 5) is 15.4. The normalized spacial score (nSPS) is 11.4.